The molecule has 7 heteroatoms. The molecule has 0 aliphatic carbocycles. The molecule has 114 valence electrons. The molecule has 21 heavy (non-hydrogen) atoms. The molecule has 1 aromatic carbocycles. The van der Waals surface area contributed by atoms with Crippen molar-refractivity contribution in [3.05, 3.63) is 39.9 Å². The van der Waals surface area contributed by atoms with Gasteiger partial charge in [-0.25, -0.2) is 4.79 Å². The fourth-order valence-electron chi connectivity index (χ4n) is 1.49. The van der Waals surface area contributed by atoms with Gasteiger partial charge in [-0.2, -0.15) is 0 Å². The topological polar surface area (TPSA) is 98.5 Å². The third-order valence-corrected chi connectivity index (χ3v) is 2.43. The monoisotopic (exact) mass is 294 g/mol. The van der Waals surface area contributed by atoms with Gasteiger partial charge >= 0.3 is 5.97 Å². The first kappa shape index (κ1) is 16.6. The number of esters is 1. The van der Waals surface area contributed by atoms with Crippen molar-refractivity contribution in [1.82, 2.24) is 5.32 Å². The summed E-state index contributed by atoms with van der Waals surface area (Å²) in [6.45, 7) is 6.66. The number of amides is 1. The lowest BCUT2D eigenvalue weighted by Gasteiger charge is -2.22. The molecule has 1 aromatic rings. The molecule has 0 fully saturated rings. The van der Waals surface area contributed by atoms with Crippen molar-refractivity contribution >= 4 is 17.6 Å². The minimum atomic E-state index is -0.851. The molecule has 0 heterocycles. The molecular weight excluding hydrogens is 276 g/mol. The molecule has 0 saturated heterocycles. The van der Waals surface area contributed by atoms with Crippen LogP contribution in [0.5, 0.6) is 0 Å². The maximum absolute atomic E-state index is 12.0. The zero-order chi connectivity index (χ0) is 16.2. The summed E-state index contributed by atoms with van der Waals surface area (Å²) in [5.74, 6) is -1.14. The number of non-ortho nitro benzene ring substituents is 1. The van der Waals surface area contributed by atoms with Gasteiger partial charge < -0.3 is 10.1 Å². The summed E-state index contributed by atoms with van der Waals surface area (Å²) in [4.78, 5) is 33.8. The Bertz CT molecular complexity index is 563. The molecule has 1 N–H and O–H groups in total. The molecule has 0 spiro atoms. The van der Waals surface area contributed by atoms with Gasteiger partial charge in [-0.05, 0) is 33.8 Å². The van der Waals surface area contributed by atoms with Crippen molar-refractivity contribution in [3.8, 4) is 0 Å². The molecule has 0 bridgehead atoms. The maximum atomic E-state index is 12.0. The lowest BCUT2D eigenvalue weighted by Crippen LogP contribution is -2.42. The van der Waals surface area contributed by atoms with Crippen molar-refractivity contribution in [1.29, 1.82) is 0 Å². The minimum absolute atomic E-state index is 0.111. The van der Waals surface area contributed by atoms with E-state index in [9.17, 15) is 19.7 Å². The summed E-state index contributed by atoms with van der Waals surface area (Å²) in [5.41, 5.74) is -0.728. The molecule has 1 amide bonds. The molecule has 0 aromatic heterocycles. The molecule has 0 radical (unpaired) electrons. The Morgan fingerprint density at radius 1 is 1.33 bits per heavy atom. The van der Waals surface area contributed by atoms with Crippen LogP contribution in [0, 0.1) is 10.1 Å². The van der Waals surface area contributed by atoms with Gasteiger partial charge in [-0.15, -0.1) is 0 Å². The Kier molecular flexibility index (Phi) is 5.02. The number of nitro groups is 1. The van der Waals surface area contributed by atoms with Crippen LogP contribution in [0.3, 0.4) is 0 Å². The van der Waals surface area contributed by atoms with Gasteiger partial charge in [-0.1, -0.05) is 6.07 Å². The summed E-state index contributed by atoms with van der Waals surface area (Å²) in [5, 5.41) is 13.1. The van der Waals surface area contributed by atoms with Crippen molar-refractivity contribution in [2.24, 2.45) is 0 Å². The normalized spacial score (nSPS) is 12.4. The predicted octanol–water partition coefficient (Wildman–Crippen LogP) is 2.05. The van der Waals surface area contributed by atoms with E-state index in [4.69, 9.17) is 4.74 Å². The Balaban J connectivity index is 2.75. The van der Waals surface area contributed by atoms with E-state index < -0.39 is 28.4 Å². The number of rotatable bonds is 4. The molecule has 1 atom stereocenters. The average Bonchev–Trinajstić information content (AvgIpc) is 2.36. The third kappa shape index (κ3) is 5.21. The van der Waals surface area contributed by atoms with E-state index in [0.29, 0.717) is 0 Å². The van der Waals surface area contributed by atoms with Gasteiger partial charge in [0, 0.05) is 17.7 Å². The van der Waals surface area contributed by atoms with Crippen molar-refractivity contribution < 1.29 is 19.2 Å². The number of hydrogen-bond donors (Lipinski definition) is 1. The van der Waals surface area contributed by atoms with Crippen LogP contribution in [-0.2, 0) is 9.53 Å². The lowest BCUT2D eigenvalue weighted by atomic mass is 10.1. The van der Waals surface area contributed by atoms with E-state index in [0.717, 1.165) is 6.07 Å². The maximum Gasteiger partial charge on any atom is 0.328 e. The SMILES string of the molecule is C[C@H](NC(=O)c1cccc([N+](=O)[O-])c1)C(=O)OC(C)(C)C. The second-order valence-corrected chi connectivity index (χ2v) is 5.54. The molecule has 7 nitrogen and oxygen atoms in total. The van der Waals surface area contributed by atoms with E-state index in [1.807, 2.05) is 0 Å². The number of hydrogen-bond acceptors (Lipinski definition) is 5. The van der Waals surface area contributed by atoms with E-state index in [-0.39, 0.29) is 11.3 Å². The highest BCUT2D eigenvalue weighted by atomic mass is 16.6. The van der Waals surface area contributed by atoms with Crippen molar-refractivity contribution in [2.45, 2.75) is 39.3 Å². The highest BCUT2D eigenvalue weighted by Gasteiger charge is 2.23. The highest BCUT2D eigenvalue weighted by molar-refractivity contribution is 5.97. The predicted molar refractivity (Wildman–Crippen MR) is 75.9 cm³/mol. The van der Waals surface area contributed by atoms with Crippen molar-refractivity contribution in [3.63, 3.8) is 0 Å². The van der Waals surface area contributed by atoms with Gasteiger partial charge in [0.25, 0.3) is 11.6 Å². The van der Waals surface area contributed by atoms with Crippen LogP contribution in [-0.4, -0.2) is 28.4 Å². The van der Waals surface area contributed by atoms with Gasteiger partial charge in [-0.3, -0.25) is 14.9 Å². The molecule has 0 aliphatic heterocycles. The van der Waals surface area contributed by atoms with Crippen LogP contribution in [0.2, 0.25) is 0 Å². The van der Waals surface area contributed by atoms with Crippen LogP contribution < -0.4 is 5.32 Å². The van der Waals surface area contributed by atoms with Gasteiger partial charge in [0.1, 0.15) is 11.6 Å². The number of nitro benzene ring substituents is 1. The van der Waals surface area contributed by atoms with Crippen LogP contribution in [0.15, 0.2) is 24.3 Å². The number of carbonyl (C=O) groups is 2. The van der Waals surface area contributed by atoms with Crippen molar-refractivity contribution in [2.75, 3.05) is 0 Å². The Hall–Kier alpha value is -2.44. The summed E-state index contributed by atoms with van der Waals surface area (Å²) in [6, 6.07) is 4.43. The van der Waals surface area contributed by atoms with Crippen LogP contribution >= 0.6 is 0 Å². The first-order valence-corrected chi connectivity index (χ1v) is 6.38. The molecule has 1 rings (SSSR count). The lowest BCUT2D eigenvalue weighted by molar-refractivity contribution is -0.384. The Morgan fingerprint density at radius 2 is 1.95 bits per heavy atom. The van der Waals surface area contributed by atoms with Gasteiger partial charge in [0.05, 0.1) is 4.92 Å². The summed E-state index contributed by atoms with van der Waals surface area (Å²) >= 11 is 0. The summed E-state index contributed by atoms with van der Waals surface area (Å²) < 4.78 is 5.14. The molecular formula is C14H18N2O5. The quantitative estimate of drug-likeness (QED) is 0.520. The Labute approximate surface area is 122 Å². The number of nitrogens with one attached hydrogen (secondary N) is 1. The van der Waals surface area contributed by atoms with Crippen LogP contribution in [0.4, 0.5) is 5.69 Å². The van der Waals surface area contributed by atoms with Gasteiger partial charge in [0.15, 0.2) is 0 Å². The fraction of sp³-hybridized carbons (Fsp3) is 0.429. The van der Waals surface area contributed by atoms with E-state index in [1.54, 1.807) is 20.8 Å². The fourth-order valence-corrected chi connectivity index (χ4v) is 1.49. The minimum Gasteiger partial charge on any atom is -0.458 e. The van der Waals surface area contributed by atoms with Crippen LogP contribution in [0.1, 0.15) is 38.1 Å². The summed E-state index contributed by atoms with van der Waals surface area (Å²) in [7, 11) is 0. The zero-order valence-corrected chi connectivity index (χ0v) is 12.4. The number of benzene rings is 1. The zero-order valence-electron chi connectivity index (χ0n) is 12.4. The first-order chi connectivity index (χ1) is 9.60. The van der Waals surface area contributed by atoms with E-state index in [2.05, 4.69) is 5.32 Å². The van der Waals surface area contributed by atoms with E-state index in [1.165, 1.54) is 25.1 Å². The molecule has 0 unspecified atom stereocenters. The van der Waals surface area contributed by atoms with E-state index >= 15 is 0 Å². The summed E-state index contributed by atoms with van der Waals surface area (Å²) in [6.07, 6.45) is 0. The Morgan fingerprint density at radius 3 is 2.48 bits per heavy atom. The standard InChI is InChI=1S/C14H18N2O5/c1-9(13(18)21-14(2,3)4)15-12(17)10-6-5-7-11(8-10)16(19)20/h5-9H,1-4H3,(H,15,17)/t9-/m0/s1. The number of carbonyl (C=O) groups excluding carboxylic acids is 2. The molecule has 0 aliphatic rings. The number of ether oxygens (including phenoxy) is 1. The molecule has 0 saturated carbocycles. The second kappa shape index (κ2) is 6.34. The van der Waals surface area contributed by atoms with Crippen LogP contribution in [0.25, 0.3) is 0 Å². The second-order valence-electron chi connectivity index (χ2n) is 5.54. The largest absolute Gasteiger partial charge is 0.458 e. The van der Waals surface area contributed by atoms with Gasteiger partial charge in [0.2, 0.25) is 0 Å². The smallest absolute Gasteiger partial charge is 0.328 e. The third-order valence-electron chi connectivity index (χ3n) is 2.43. The number of nitrogens with zero attached hydrogens (tertiary/aromatic N) is 1. The highest BCUT2D eigenvalue weighted by Crippen LogP contribution is 2.13. The average molecular weight is 294 g/mol. The first-order valence-electron chi connectivity index (χ1n) is 6.38.